The molecule has 1 amide bonds. The Bertz CT molecular complexity index is 920. The van der Waals surface area contributed by atoms with Gasteiger partial charge in [-0.2, -0.15) is 13.2 Å². The predicted molar refractivity (Wildman–Crippen MR) is 120 cm³/mol. The van der Waals surface area contributed by atoms with Gasteiger partial charge in [0, 0.05) is 31.6 Å². The molecule has 2 aromatic carbocycles. The maximum Gasteiger partial charge on any atom is 0.416 e. The van der Waals surface area contributed by atoms with E-state index in [1.54, 1.807) is 11.0 Å². The van der Waals surface area contributed by atoms with Crippen LogP contribution in [0.2, 0.25) is 0 Å². The van der Waals surface area contributed by atoms with Crippen molar-refractivity contribution in [3.63, 3.8) is 0 Å². The highest BCUT2D eigenvalue weighted by Crippen LogP contribution is 2.31. The number of nitrogens with zero attached hydrogens (tertiary/aromatic N) is 1. The number of amides is 1. The largest absolute Gasteiger partial charge is 0.416 e. The zero-order chi connectivity index (χ0) is 25.9. The summed E-state index contributed by atoms with van der Waals surface area (Å²) in [6, 6.07) is 6.13. The number of carbonyl (C=O) groups excluding carboxylic acids is 1. The quantitative estimate of drug-likeness (QED) is 0.300. The average Bonchev–Trinajstić information content (AvgIpc) is 2.75. The topological polar surface area (TPSA) is 58.4 Å². The molecule has 0 fully saturated rings. The minimum Gasteiger partial charge on any atom is -0.343 e. The lowest BCUT2D eigenvalue weighted by Gasteiger charge is -2.23. The second kappa shape index (κ2) is 14.0. The fourth-order valence-corrected chi connectivity index (χ4v) is 3.23. The minimum atomic E-state index is -4.22. The second-order valence-electron chi connectivity index (χ2n) is 7.77. The Labute approximate surface area is 196 Å². The number of nitrogens with two attached hydrogens (primary N) is 1. The molecule has 0 heterocycles. The molecule has 0 aliphatic carbocycles. The van der Waals surface area contributed by atoms with Crippen molar-refractivity contribution in [1.29, 1.82) is 0 Å². The Morgan fingerprint density at radius 2 is 1.71 bits per heavy atom. The molecule has 0 aliphatic heterocycles. The van der Waals surface area contributed by atoms with Crippen LogP contribution in [-0.4, -0.2) is 43.5 Å². The summed E-state index contributed by atoms with van der Waals surface area (Å²) in [6.45, 7) is 5.30. The number of hydrogen-bond acceptors (Lipinski definition) is 3. The van der Waals surface area contributed by atoms with Gasteiger partial charge in [0.05, 0.1) is 5.56 Å². The van der Waals surface area contributed by atoms with Gasteiger partial charge in [-0.05, 0) is 63.5 Å². The monoisotopic (exact) mass is 491 g/mol. The van der Waals surface area contributed by atoms with Gasteiger partial charge in [0.15, 0.2) is 11.6 Å². The molecule has 0 bridgehead atoms. The van der Waals surface area contributed by atoms with E-state index >= 15 is 0 Å². The van der Waals surface area contributed by atoms with Crippen molar-refractivity contribution in [2.75, 3.05) is 26.7 Å². The molecule has 0 saturated carbocycles. The highest BCUT2D eigenvalue weighted by molar-refractivity contribution is 5.76. The van der Waals surface area contributed by atoms with Crippen LogP contribution in [0.5, 0.6) is 0 Å². The Hall–Kier alpha value is -2.59. The molecule has 190 valence electrons. The van der Waals surface area contributed by atoms with Crippen molar-refractivity contribution in [2.45, 2.75) is 45.3 Å². The maximum atomic E-state index is 13.6. The highest BCUT2D eigenvalue weighted by atomic mass is 19.4. The molecular weight excluding hydrogens is 460 g/mol. The fourth-order valence-electron chi connectivity index (χ4n) is 3.23. The minimum absolute atomic E-state index is 0.0250. The number of carbonyl (C=O) groups is 1. The highest BCUT2D eigenvalue weighted by Gasteiger charge is 2.31. The molecule has 2 aromatic rings. The van der Waals surface area contributed by atoms with Gasteiger partial charge in [-0.25, -0.2) is 13.2 Å². The third kappa shape index (κ3) is 9.72. The molecule has 1 atom stereocenters. The smallest absolute Gasteiger partial charge is 0.343 e. The first-order chi connectivity index (χ1) is 15.9. The van der Waals surface area contributed by atoms with Crippen LogP contribution in [0.25, 0.3) is 0 Å². The fraction of sp³-hybridized carbons (Fsp3) is 0.458. The summed E-state index contributed by atoms with van der Waals surface area (Å²) >= 11 is 0. The van der Waals surface area contributed by atoms with Crippen molar-refractivity contribution in [1.82, 2.24) is 10.2 Å². The van der Waals surface area contributed by atoms with Crippen molar-refractivity contribution < 1.29 is 31.1 Å². The average molecular weight is 492 g/mol. The molecule has 1 unspecified atom stereocenters. The summed E-state index contributed by atoms with van der Waals surface area (Å²) in [7, 11) is 1.84. The lowest BCUT2D eigenvalue weighted by molar-refractivity contribution is -0.138. The van der Waals surface area contributed by atoms with E-state index in [-0.39, 0.29) is 29.9 Å². The lowest BCUT2D eigenvalue weighted by atomic mass is 10.0. The molecule has 0 aromatic heterocycles. The van der Waals surface area contributed by atoms with Gasteiger partial charge < -0.3 is 16.0 Å². The normalized spacial score (nSPS) is 12.1. The van der Waals surface area contributed by atoms with Crippen LogP contribution < -0.4 is 11.1 Å². The number of hydrogen-bond donors (Lipinski definition) is 2. The number of aryl methyl sites for hydroxylation is 1. The van der Waals surface area contributed by atoms with E-state index in [0.717, 1.165) is 25.1 Å². The van der Waals surface area contributed by atoms with Gasteiger partial charge in [-0.3, -0.25) is 4.79 Å². The summed E-state index contributed by atoms with van der Waals surface area (Å²) in [5, 5.41) is 3.01. The van der Waals surface area contributed by atoms with Crippen LogP contribution in [0.15, 0.2) is 36.4 Å². The third-order valence-corrected chi connectivity index (χ3v) is 5.05. The van der Waals surface area contributed by atoms with Crippen molar-refractivity contribution in [2.24, 2.45) is 5.73 Å². The molecule has 0 aliphatic rings. The van der Waals surface area contributed by atoms with Crippen LogP contribution in [0.3, 0.4) is 0 Å². The molecule has 3 N–H and O–H groups in total. The first-order valence-corrected chi connectivity index (χ1v) is 10.8. The van der Waals surface area contributed by atoms with Gasteiger partial charge in [-0.1, -0.05) is 18.2 Å². The van der Waals surface area contributed by atoms with E-state index in [4.69, 9.17) is 5.73 Å². The van der Waals surface area contributed by atoms with Gasteiger partial charge in [0.2, 0.25) is 5.91 Å². The number of halogens is 6. The van der Waals surface area contributed by atoms with E-state index in [0.29, 0.717) is 19.2 Å². The Morgan fingerprint density at radius 3 is 2.24 bits per heavy atom. The van der Waals surface area contributed by atoms with Crippen molar-refractivity contribution in [3.8, 4) is 0 Å². The zero-order valence-corrected chi connectivity index (χ0v) is 19.5. The lowest BCUT2D eigenvalue weighted by Crippen LogP contribution is -2.38. The Balaban J connectivity index is 0.000000437. The molecule has 2 rings (SSSR count). The van der Waals surface area contributed by atoms with Crippen molar-refractivity contribution in [3.05, 3.63) is 70.5 Å². The van der Waals surface area contributed by atoms with Gasteiger partial charge in [-0.15, -0.1) is 0 Å². The first kappa shape index (κ1) is 29.4. The third-order valence-electron chi connectivity index (χ3n) is 5.05. The van der Waals surface area contributed by atoms with Crippen LogP contribution >= 0.6 is 0 Å². The Morgan fingerprint density at radius 1 is 1.09 bits per heavy atom. The summed E-state index contributed by atoms with van der Waals surface area (Å²) < 4.78 is 75.8. The molecule has 0 saturated heterocycles. The number of rotatable bonds is 9. The molecule has 0 radical (unpaired) electrons. The van der Waals surface area contributed by atoms with E-state index < -0.39 is 35.2 Å². The van der Waals surface area contributed by atoms with E-state index in [9.17, 15) is 31.1 Å². The van der Waals surface area contributed by atoms with Crippen LogP contribution in [0.1, 0.15) is 36.5 Å². The van der Waals surface area contributed by atoms with Gasteiger partial charge >= 0.3 is 6.18 Å². The summed E-state index contributed by atoms with van der Waals surface area (Å²) in [6.07, 6.45) is -3.39. The first-order valence-electron chi connectivity index (χ1n) is 10.8. The second-order valence-corrected chi connectivity index (χ2v) is 7.77. The van der Waals surface area contributed by atoms with Crippen LogP contribution in [-0.2, 0) is 17.4 Å². The van der Waals surface area contributed by atoms with Gasteiger partial charge in [0.1, 0.15) is 5.82 Å². The van der Waals surface area contributed by atoms with E-state index in [1.807, 2.05) is 14.0 Å². The van der Waals surface area contributed by atoms with Crippen LogP contribution in [0.4, 0.5) is 26.3 Å². The van der Waals surface area contributed by atoms with Crippen molar-refractivity contribution >= 4 is 5.91 Å². The maximum absolute atomic E-state index is 13.6. The number of benzene rings is 2. The molecule has 10 heteroatoms. The summed E-state index contributed by atoms with van der Waals surface area (Å²) in [4.78, 5) is 13.9. The Kier molecular flexibility index (Phi) is 12.1. The molecule has 0 spiro atoms. The van der Waals surface area contributed by atoms with E-state index in [1.165, 1.54) is 19.1 Å². The molecule has 4 nitrogen and oxygen atoms in total. The van der Waals surface area contributed by atoms with Gasteiger partial charge in [0.25, 0.3) is 0 Å². The molecule has 34 heavy (non-hydrogen) atoms. The predicted octanol–water partition coefficient (Wildman–Crippen LogP) is 4.84. The van der Waals surface area contributed by atoms with E-state index in [2.05, 4.69) is 5.32 Å². The number of alkyl halides is 3. The van der Waals surface area contributed by atoms with Crippen LogP contribution in [0, 0.1) is 24.4 Å². The SMILES string of the molecule is CCN(CCCNC)C(=O)CC(N)Cc1cc(F)c(F)cc1F.Cc1ccccc1C(F)(F)F. The number of nitrogens with one attached hydrogen (secondary N) is 1. The zero-order valence-electron chi connectivity index (χ0n) is 19.5. The summed E-state index contributed by atoms with van der Waals surface area (Å²) in [5.41, 5.74) is 5.55. The molecular formula is C24H31F6N3O. The standard InChI is InChI=1S/C16H24F3N3O.C8H7F3/c1-3-22(6-4-5-21-2)16(23)9-12(20)7-11-8-14(18)15(19)10-13(11)17;1-6-4-2-3-5-7(6)8(9,10)11/h8,10,12,21H,3-7,9,20H2,1-2H3;2-5H,1H3. The summed E-state index contributed by atoms with van der Waals surface area (Å²) in [5.74, 6) is -3.34.